The Morgan fingerprint density at radius 3 is 2.75 bits per heavy atom. The molecule has 3 aromatic rings. The zero-order valence-corrected chi connectivity index (χ0v) is 15.2. The van der Waals surface area contributed by atoms with Crippen LogP contribution in [0.25, 0.3) is 6.08 Å². The molecule has 0 bridgehead atoms. The molecule has 1 aromatic heterocycles. The number of ketones is 1. The molecule has 0 fully saturated rings. The Hall–Kier alpha value is -3.60. The van der Waals surface area contributed by atoms with Gasteiger partial charge in [0, 0.05) is 29.1 Å². The fourth-order valence-corrected chi connectivity index (χ4v) is 2.85. The first-order valence-corrected chi connectivity index (χ1v) is 9.02. The number of carbonyl (C=O) groups excluding carboxylic acids is 1. The van der Waals surface area contributed by atoms with Gasteiger partial charge in [-0.1, -0.05) is 24.3 Å². The van der Waals surface area contributed by atoms with Gasteiger partial charge in [0.25, 0.3) is 0 Å². The van der Waals surface area contributed by atoms with E-state index in [1.807, 2.05) is 36.4 Å². The van der Waals surface area contributed by atoms with Crippen LogP contribution in [0.1, 0.15) is 21.5 Å². The largest absolute Gasteiger partial charge is 0.488 e. The molecule has 4 rings (SSSR count). The van der Waals surface area contributed by atoms with E-state index in [2.05, 4.69) is 4.98 Å². The summed E-state index contributed by atoms with van der Waals surface area (Å²) in [6.07, 6.45) is 6.79. The molecule has 28 heavy (non-hydrogen) atoms. The van der Waals surface area contributed by atoms with Crippen LogP contribution in [-0.4, -0.2) is 24.0 Å². The predicted octanol–water partition coefficient (Wildman–Crippen LogP) is 4.33. The van der Waals surface area contributed by atoms with E-state index in [-0.39, 0.29) is 5.78 Å². The van der Waals surface area contributed by atoms with Gasteiger partial charge in [-0.15, -0.1) is 0 Å². The van der Waals surface area contributed by atoms with Crippen molar-refractivity contribution in [3.05, 3.63) is 89.8 Å². The van der Waals surface area contributed by atoms with E-state index in [0.717, 1.165) is 11.1 Å². The van der Waals surface area contributed by atoms with Crippen molar-refractivity contribution in [2.45, 2.75) is 6.61 Å². The van der Waals surface area contributed by atoms with Crippen molar-refractivity contribution in [3.8, 4) is 17.2 Å². The van der Waals surface area contributed by atoms with Gasteiger partial charge in [0.2, 0.25) is 0 Å². The number of ether oxygens (including phenoxy) is 3. The molecule has 0 atom stereocenters. The van der Waals surface area contributed by atoms with E-state index < -0.39 is 0 Å². The van der Waals surface area contributed by atoms with E-state index in [1.165, 1.54) is 6.08 Å². The molecule has 5 heteroatoms. The molecule has 2 aromatic carbocycles. The first-order valence-electron chi connectivity index (χ1n) is 9.02. The van der Waals surface area contributed by atoms with Crippen molar-refractivity contribution < 1.29 is 19.0 Å². The molecule has 0 aliphatic carbocycles. The number of para-hydroxylation sites is 1. The van der Waals surface area contributed by atoms with Gasteiger partial charge in [0.1, 0.15) is 25.6 Å². The van der Waals surface area contributed by atoms with Gasteiger partial charge in [0.05, 0.1) is 0 Å². The van der Waals surface area contributed by atoms with Crippen LogP contribution in [-0.2, 0) is 6.61 Å². The van der Waals surface area contributed by atoms with Crippen molar-refractivity contribution in [3.63, 3.8) is 0 Å². The maximum Gasteiger partial charge on any atom is 0.185 e. The summed E-state index contributed by atoms with van der Waals surface area (Å²) >= 11 is 0. The summed E-state index contributed by atoms with van der Waals surface area (Å²) in [7, 11) is 0. The lowest BCUT2D eigenvalue weighted by molar-refractivity contribution is 0.104. The van der Waals surface area contributed by atoms with Gasteiger partial charge >= 0.3 is 0 Å². The second-order valence-corrected chi connectivity index (χ2v) is 6.24. The van der Waals surface area contributed by atoms with Crippen molar-refractivity contribution in [2.75, 3.05) is 13.2 Å². The van der Waals surface area contributed by atoms with Gasteiger partial charge in [-0.25, -0.2) is 0 Å². The van der Waals surface area contributed by atoms with E-state index in [9.17, 15) is 4.79 Å². The number of rotatable bonds is 6. The number of hydrogen-bond acceptors (Lipinski definition) is 5. The Morgan fingerprint density at radius 2 is 1.89 bits per heavy atom. The van der Waals surface area contributed by atoms with Gasteiger partial charge in [0.15, 0.2) is 17.3 Å². The second-order valence-electron chi connectivity index (χ2n) is 6.24. The number of aromatic nitrogens is 1. The van der Waals surface area contributed by atoms with Gasteiger partial charge < -0.3 is 14.2 Å². The Balaban J connectivity index is 1.47. The van der Waals surface area contributed by atoms with Crippen LogP contribution in [0, 0.1) is 0 Å². The summed E-state index contributed by atoms with van der Waals surface area (Å²) in [5, 5.41) is 0. The quantitative estimate of drug-likeness (QED) is 0.476. The van der Waals surface area contributed by atoms with Crippen LogP contribution < -0.4 is 14.2 Å². The highest BCUT2D eigenvalue weighted by Gasteiger charge is 2.13. The Bertz CT molecular complexity index is 998. The molecular weight excluding hydrogens is 354 g/mol. The van der Waals surface area contributed by atoms with E-state index in [0.29, 0.717) is 42.6 Å². The molecule has 1 aliphatic heterocycles. The zero-order valence-electron chi connectivity index (χ0n) is 15.2. The molecule has 140 valence electrons. The van der Waals surface area contributed by atoms with Crippen LogP contribution in [0.15, 0.2) is 73.1 Å². The van der Waals surface area contributed by atoms with Crippen molar-refractivity contribution in [1.82, 2.24) is 4.98 Å². The SMILES string of the molecule is O=C(/C=C\c1ccccc1OCc1cccnc1)c1ccc2c(c1)OCCO2. The molecule has 0 spiro atoms. The predicted molar refractivity (Wildman–Crippen MR) is 106 cm³/mol. The van der Waals surface area contributed by atoms with Crippen LogP contribution >= 0.6 is 0 Å². The number of allylic oxidation sites excluding steroid dienone is 1. The fraction of sp³-hybridized carbons (Fsp3) is 0.130. The summed E-state index contributed by atoms with van der Waals surface area (Å²) < 4.78 is 16.9. The van der Waals surface area contributed by atoms with Gasteiger partial charge in [-0.3, -0.25) is 9.78 Å². The molecule has 0 unspecified atom stereocenters. The third kappa shape index (κ3) is 4.20. The highest BCUT2D eigenvalue weighted by Crippen LogP contribution is 2.31. The lowest BCUT2D eigenvalue weighted by atomic mass is 10.1. The van der Waals surface area contributed by atoms with Crippen molar-refractivity contribution in [1.29, 1.82) is 0 Å². The zero-order chi connectivity index (χ0) is 19.2. The molecule has 0 amide bonds. The lowest BCUT2D eigenvalue weighted by Crippen LogP contribution is -2.15. The normalized spacial score (nSPS) is 12.7. The average molecular weight is 373 g/mol. The fourth-order valence-electron chi connectivity index (χ4n) is 2.85. The standard InChI is InChI=1S/C23H19NO4/c25-20(19-8-10-22-23(14-19)27-13-12-26-22)9-7-18-5-1-2-6-21(18)28-16-17-4-3-11-24-15-17/h1-11,14-15H,12-13,16H2/b9-7-. The number of pyridine rings is 1. The summed E-state index contributed by atoms with van der Waals surface area (Å²) in [5.41, 5.74) is 2.36. The van der Waals surface area contributed by atoms with Crippen molar-refractivity contribution >= 4 is 11.9 Å². The van der Waals surface area contributed by atoms with Crippen LogP contribution in [0.5, 0.6) is 17.2 Å². The molecule has 0 N–H and O–H groups in total. The lowest BCUT2D eigenvalue weighted by Gasteiger charge is -2.18. The molecule has 2 heterocycles. The molecule has 5 nitrogen and oxygen atoms in total. The molecule has 0 radical (unpaired) electrons. The second kappa shape index (κ2) is 8.39. The number of carbonyl (C=O) groups is 1. The summed E-state index contributed by atoms with van der Waals surface area (Å²) in [6, 6.07) is 16.6. The Morgan fingerprint density at radius 1 is 1.04 bits per heavy atom. The summed E-state index contributed by atoms with van der Waals surface area (Å²) in [4.78, 5) is 16.6. The summed E-state index contributed by atoms with van der Waals surface area (Å²) in [6.45, 7) is 1.42. The van der Waals surface area contributed by atoms with Crippen LogP contribution in [0.4, 0.5) is 0 Å². The summed E-state index contributed by atoms with van der Waals surface area (Å²) in [5.74, 6) is 1.86. The number of benzene rings is 2. The molecular formula is C23H19NO4. The van der Waals surface area contributed by atoms with Crippen LogP contribution in [0.3, 0.4) is 0 Å². The minimum absolute atomic E-state index is 0.112. The maximum atomic E-state index is 12.6. The third-order valence-electron chi connectivity index (χ3n) is 4.28. The minimum atomic E-state index is -0.112. The molecule has 0 saturated carbocycles. The first kappa shape index (κ1) is 17.8. The smallest absolute Gasteiger partial charge is 0.185 e. The monoisotopic (exact) mass is 373 g/mol. The molecule has 1 aliphatic rings. The number of nitrogens with zero attached hydrogens (tertiary/aromatic N) is 1. The van der Waals surface area contributed by atoms with E-state index >= 15 is 0 Å². The first-order chi connectivity index (χ1) is 13.8. The Kier molecular flexibility index (Phi) is 5.33. The third-order valence-corrected chi connectivity index (χ3v) is 4.28. The highest BCUT2D eigenvalue weighted by atomic mass is 16.6. The van der Waals surface area contributed by atoms with Gasteiger partial charge in [-0.2, -0.15) is 0 Å². The van der Waals surface area contributed by atoms with Crippen molar-refractivity contribution in [2.24, 2.45) is 0 Å². The van der Waals surface area contributed by atoms with Gasteiger partial charge in [-0.05, 0) is 42.5 Å². The Labute approximate surface area is 163 Å². The van der Waals surface area contributed by atoms with E-state index in [1.54, 1.807) is 36.7 Å². The topological polar surface area (TPSA) is 57.7 Å². The molecule has 0 saturated heterocycles. The number of fused-ring (bicyclic) bond motifs is 1. The number of hydrogen-bond donors (Lipinski definition) is 0. The van der Waals surface area contributed by atoms with E-state index in [4.69, 9.17) is 14.2 Å². The average Bonchev–Trinajstić information content (AvgIpc) is 2.77. The maximum absolute atomic E-state index is 12.6. The highest BCUT2D eigenvalue weighted by molar-refractivity contribution is 6.07. The van der Waals surface area contributed by atoms with Crippen LogP contribution in [0.2, 0.25) is 0 Å². The minimum Gasteiger partial charge on any atom is -0.488 e.